The van der Waals surface area contributed by atoms with Gasteiger partial charge < -0.3 is 4.74 Å². The van der Waals surface area contributed by atoms with Crippen molar-refractivity contribution < 1.29 is 13.2 Å². The third kappa shape index (κ3) is 2.60. The zero-order valence-corrected chi connectivity index (χ0v) is 12.7. The number of halogens is 1. The van der Waals surface area contributed by atoms with Gasteiger partial charge in [0.1, 0.15) is 0 Å². The van der Waals surface area contributed by atoms with Gasteiger partial charge in [-0.15, -0.1) is 0 Å². The van der Waals surface area contributed by atoms with E-state index in [9.17, 15) is 8.42 Å². The molecule has 0 aromatic heterocycles. The second-order valence-corrected chi connectivity index (χ2v) is 7.93. The third-order valence-corrected chi connectivity index (χ3v) is 6.80. The number of rotatable bonds is 3. The summed E-state index contributed by atoms with van der Waals surface area (Å²) in [7, 11) is -3.21. The molecule has 0 spiro atoms. The van der Waals surface area contributed by atoms with Crippen LogP contribution in [0.4, 0.5) is 0 Å². The number of hydrogen-bond acceptors (Lipinski definition) is 3. The molecule has 1 atom stereocenters. The van der Waals surface area contributed by atoms with Crippen LogP contribution in [-0.4, -0.2) is 37.7 Å². The Morgan fingerprint density at radius 3 is 2.30 bits per heavy atom. The molecule has 0 aliphatic carbocycles. The lowest BCUT2D eigenvalue weighted by atomic mass is 9.98. The minimum atomic E-state index is -3.21. The first-order chi connectivity index (χ1) is 9.59. The molecular weight excluding hydrogens is 298 g/mol. The Kier molecular flexibility index (Phi) is 4.04. The van der Waals surface area contributed by atoms with Crippen molar-refractivity contribution in [3.8, 4) is 0 Å². The molecule has 6 heteroatoms. The van der Waals surface area contributed by atoms with Gasteiger partial charge in [0.15, 0.2) is 0 Å². The van der Waals surface area contributed by atoms with E-state index in [1.165, 1.54) is 0 Å². The van der Waals surface area contributed by atoms with E-state index < -0.39 is 10.0 Å². The van der Waals surface area contributed by atoms with Gasteiger partial charge in [0.25, 0.3) is 0 Å². The maximum atomic E-state index is 12.7. The summed E-state index contributed by atoms with van der Waals surface area (Å²) >= 11 is 5.88. The molecule has 2 saturated heterocycles. The summed E-state index contributed by atoms with van der Waals surface area (Å²) in [6, 6.07) is 7.43. The first-order valence-corrected chi connectivity index (χ1v) is 8.81. The largest absolute Gasteiger partial charge is 0.381 e. The van der Waals surface area contributed by atoms with E-state index in [1.54, 1.807) is 4.31 Å². The fourth-order valence-corrected chi connectivity index (χ4v) is 5.09. The lowest BCUT2D eigenvalue weighted by molar-refractivity contribution is 0.0948. The van der Waals surface area contributed by atoms with Gasteiger partial charge in [0.05, 0.1) is 11.3 Å². The van der Waals surface area contributed by atoms with Gasteiger partial charge >= 0.3 is 0 Å². The van der Waals surface area contributed by atoms with Crippen molar-refractivity contribution in [2.75, 3.05) is 19.8 Å². The van der Waals surface area contributed by atoms with Crippen LogP contribution in [0.3, 0.4) is 0 Å². The third-order valence-electron chi connectivity index (χ3n) is 4.14. The van der Waals surface area contributed by atoms with Gasteiger partial charge in [-0.1, -0.05) is 23.7 Å². The summed E-state index contributed by atoms with van der Waals surface area (Å²) in [6.07, 6.45) is 2.09. The maximum absolute atomic E-state index is 12.7. The molecule has 0 bridgehead atoms. The molecule has 0 amide bonds. The van der Waals surface area contributed by atoms with E-state index >= 15 is 0 Å². The molecular formula is C14H18ClNO3S. The van der Waals surface area contributed by atoms with E-state index in [0.717, 1.165) is 12.0 Å². The number of sulfonamides is 1. The second-order valence-electron chi connectivity index (χ2n) is 5.32. The SMILES string of the molecule is O=S(=O)(C1CCOCC1)N1CC[C@@H]1c1ccc(Cl)cc1. The van der Waals surface area contributed by atoms with Gasteiger partial charge in [-0.2, -0.15) is 4.31 Å². The highest BCUT2D eigenvalue weighted by Gasteiger charge is 2.42. The summed E-state index contributed by atoms with van der Waals surface area (Å²) in [5.74, 6) is 0. The second kappa shape index (κ2) is 5.64. The summed E-state index contributed by atoms with van der Waals surface area (Å²) in [6.45, 7) is 1.71. The Balaban J connectivity index is 1.78. The summed E-state index contributed by atoms with van der Waals surface area (Å²) in [5.41, 5.74) is 1.02. The number of hydrogen-bond donors (Lipinski definition) is 0. The van der Waals surface area contributed by atoms with E-state index in [1.807, 2.05) is 24.3 Å². The molecule has 110 valence electrons. The topological polar surface area (TPSA) is 46.6 Å². The fourth-order valence-electron chi connectivity index (χ4n) is 2.85. The minimum absolute atomic E-state index is 0.0277. The van der Waals surface area contributed by atoms with Crippen molar-refractivity contribution in [3.05, 3.63) is 34.9 Å². The van der Waals surface area contributed by atoms with E-state index in [4.69, 9.17) is 16.3 Å². The number of benzene rings is 1. The molecule has 0 unspecified atom stereocenters. The highest BCUT2D eigenvalue weighted by Crippen LogP contribution is 2.38. The van der Waals surface area contributed by atoms with E-state index in [-0.39, 0.29) is 11.3 Å². The molecule has 3 rings (SSSR count). The normalized spacial score (nSPS) is 25.4. The lowest BCUT2D eigenvalue weighted by Crippen LogP contribution is -2.50. The minimum Gasteiger partial charge on any atom is -0.381 e. The quantitative estimate of drug-likeness (QED) is 0.861. The summed E-state index contributed by atoms with van der Waals surface area (Å²) < 4.78 is 32.2. The van der Waals surface area contributed by atoms with Crippen LogP contribution < -0.4 is 0 Å². The van der Waals surface area contributed by atoms with Crippen molar-refractivity contribution in [1.29, 1.82) is 0 Å². The molecule has 1 aromatic rings. The summed E-state index contributed by atoms with van der Waals surface area (Å²) in [4.78, 5) is 0. The van der Waals surface area contributed by atoms with Crippen LogP contribution in [0.2, 0.25) is 5.02 Å². The van der Waals surface area contributed by atoms with Gasteiger partial charge in [-0.3, -0.25) is 0 Å². The Morgan fingerprint density at radius 1 is 1.10 bits per heavy atom. The predicted octanol–water partition coefficient (Wildman–Crippen LogP) is 2.60. The van der Waals surface area contributed by atoms with E-state index in [2.05, 4.69) is 0 Å². The van der Waals surface area contributed by atoms with Gasteiger partial charge in [0.2, 0.25) is 10.0 Å². The lowest BCUT2D eigenvalue weighted by Gasteiger charge is -2.42. The fraction of sp³-hybridized carbons (Fsp3) is 0.571. The van der Waals surface area contributed by atoms with Crippen molar-refractivity contribution in [2.45, 2.75) is 30.6 Å². The van der Waals surface area contributed by atoms with E-state index in [0.29, 0.717) is 37.6 Å². The van der Waals surface area contributed by atoms with Gasteiger partial charge in [-0.05, 0) is 37.0 Å². The Labute approximate surface area is 124 Å². The van der Waals surface area contributed by atoms with Crippen molar-refractivity contribution in [2.24, 2.45) is 0 Å². The average molecular weight is 316 g/mol. The summed E-state index contributed by atoms with van der Waals surface area (Å²) in [5, 5.41) is 0.387. The van der Waals surface area contributed by atoms with Crippen molar-refractivity contribution in [1.82, 2.24) is 4.31 Å². The smallest absolute Gasteiger partial charge is 0.217 e. The molecule has 2 fully saturated rings. The van der Waals surface area contributed by atoms with Gasteiger partial charge in [-0.25, -0.2) is 8.42 Å². The van der Waals surface area contributed by atoms with Crippen molar-refractivity contribution >= 4 is 21.6 Å². The molecule has 1 aromatic carbocycles. The zero-order chi connectivity index (χ0) is 14.2. The Morgan fingerprint density at radius 2 is 1.75 bits per heavy atom. The average Bonchev–Trinajstić information content (AvgIpc) is 2.40. The Bertz CT molecular complexity index is 567. The van der Waals surface area contributed by atoms with Crippen LogP contribution in [0.1, 0.15) is 30.9 Å². The van der Waals surface area contributed by atoms with Crippen LogP contribution >= 0.6 is 11.6 Å². The van der Waals surface area contributed by atoms with Crippen LogP contribution in [-0.2, 0) is 14.8 Å². The van der Waals surface area contributed by atoms with Crippen molar-refractivity contribution in [3.63, 3.8) is 0 Å². The first-order valence-electron chi connectivity index (χ1n) is 6.93. The van der Waals surface area contributed by atoms with Crippen LogP contribution in [0.15, 0.2) is 24.3 Å². The highest BCUT2D eigenvalue weighted by atomic mass is 35.5. The molecule has 2 aliphatic heterocycles. The van der Waals surface area contributed by atoms with Crippen LogP contribution in [0.25, 0.3) is 0 Å². The molecule has 2 aliphatic rings. The Hall–Kier alpha value is -0.620. The molecule has 20 heavy (non-hydrogen) atoms. The predicted molar refractivity (Wildman–Crippen MR) is 78.3 cm³/mol. The highest BCUT2D eigenvalue weighted by molar-refractivity contribution is 7.89. The monoisotopic (exact) mass is 315 g/mol. The molecule has 0 saturated carbocycles. The maximum Gasteiger partial charge on any atom is 0.217 e. The first kappa shape index (κ1) is 14.3. The number of ether oxygens (including phenoxy) is 1. The molecule has 0 radical (unpaired) electrons. The van der Waals surface area contributed by atoms with Crippen LogP contribution in [0, 0.1) is 0 Å². The van der Waals surface area contributed by atoms with Crippen LogP contribution in [0.5, 0.6) is 0 Å². The van der Waals surface area contributed by atoms with Gasteiger partial charge in [0, 0.05) is 24.8 Å². The zero-order valence-electron chi connectivity index (χ0n) is 11.2. The molecule has 2 heterocycles. The number of nitrogens with zero attached hydrogens (tertiary/aromatic N) is 1. The molecule has 0 N–H and O–H groups in total. The molecule has 4 nitrogen and oxygen atoms in total. The standard InChI is InChI=1S/C14H18ClNO3S/c15-12-3-1-11(2-4-12)14-5-8-16(14)20(17,18)13-6-9-19-10-7-13/h1-4,13-14H,5-10H2/t14-/m1/s1.